The second kappa shape index (κ2) is 8.83. The van der Waals surface area contributed by atoms with Gasteiger partial charge < -0.3 is 0 Å². The van der Waals surface area contributed by atoms with Crippen molar-refractivity contribution in [2.24, 2.45) is 5.10 Å². The van der Waals surface area contributed by atoms with Crippen LogP contribution in [0.5, 0.6) is 0 Å². The van der Waals surface area contributed by atoms with Crippen molar-refractivity contribution in [2.45, 2.75) is 17.9 Å². The molecule has 0 aliphatic carbocycles. The average molecular weight is 343 g/mol. The normalized spacial score (nSPS) is 12.0. The number of amides is 1. The molecular formula is C17H17N3O3S. The molecule has 0 saturated heterocycles. The summed E-state index contributed by atoms with van der Waals surface area (Å²) in [5.41, 5.74) is 4.33. The molecule has 0 radical (unpaired) electrons. The number of rotatable bonds is 7. The van der Waals surface area contributed by atoms with E-state index in [0.717, 1.165) is 11.3 Å². The lowest BCUT2D eigenvalue weighted by Crippen LogP contribution is -2.26. The zero-order chi connectivity index (χ0) is 17.4. The maximum atomic E-state index is 12.0. The molecule has 2 rings (SSSR count). The van der Waals surface area contributed by atoms with Crippen molar-refractivity contribution in [3.05, 3.63) is 75.8 Å². The predicted molar refractivity (Wildman–Crippen MR) is 96.0 cm³/mol. The SMILES string of the molecule is C[C@@H](SCc1ccccc1)C(=O)N/N=C\c1ccc([N+](=O)[O-])cc1. The number of nitrogens with zero attached hydrogens (tertiary/aromatic N) is 2. The van der Waals surface area contributed by atoms with Crippen molar-refractivity contribution in [2.75, 3.05) is 0 Å². The number of hydrazone groups is 1. The van der Waals surface area contributed by atoms with Gasteiger partial charge in [0, 0.05) is 17.9 Å². The number of nitro groups is 1. The molecule has 0 spiro atoms. The molecule has 2 aromatic carbocycles. The number of benzene rings is 2. The fourth-order valence-electron chi connectivity index (χ4n) is 1.81. The van der Waals surface area contributed by atoms with Crippen LogP contribution in [0.1, 0.15) is 18.1 Å². The summed E-state index contributed by atoms with van der Waals surface area (Å²) in [7, 11) is 0. The highest BCUT2D eigenvalue weighted by atomic mass is 32.2. The van der Waals surface area contributed by atoms with Gasteiger partial charge in [0.15, 0.2) is 0 Å². The topological polar surface area (TPSA) is 84.6 Å². The van der Waals surface area contributed by atoms with Gasteiger partial charge in [-0.05, 0) is 30.2 Å². The highest BCUT2D eigenvalue weighted by Gasteiger charge is 2.12. The molecule has 1 N–H and O–H groups in total. The van der Waals surface area contributed by atoms with Crippen LogP contribution in [-0.2, 0) is 10.5 Å². The Morgan fingerprint density at radius 1 is 1.25 bits per heavy atom. The molecule has 0 fully saturated rings. The van der Waals surface area contributed by atoms with E-state index in [-0.39, 0.29) is 16.8 Å². The minimum Gasteiger partial charge on any atom is -0.272 e. The zero-order valence-corrected chi connectivity index (χ0v) is 13.9. The first-order valence-electron chi connectivity index (χ1n) is 7.29. The van der Waals surface area contributed by atoms with Crippen LogP contribution in [0, 0.1) is 10.1 Å². The summed E-state index contributed by atoms with van der Waals surface area (Å²) in [6, 6.07) is 15.8. The highest BCUT2D eigenvalue weighted by Crippen LogP contribution is 2.17. The number of nitrogens with one attached hydrogen (secondary N) is 1. The van der Waals surface area contributed by atoms with Crippen LogP contribution < -0.4 is 5.43 Å². The Balaban J connectivity index is 1.80. The molecule has 0 saturated carbocycles. The number of thioether (sulfide) groups is 1. The van der Waals surface area contributed by atoms with E-state index in [1.165, 1.54) is 30.1 Å². The minimum absolute atomic E-state index is 0.0159. The Hall–Kier alpha value is -2.67. The van der Waals surface area contributed by atoms with Gasteiger partial charge in [-0.1, -0.05) is 30.3 Å². The van der Waals surface area contributed by atoms with E-state index >= 15 is 0 Å². The lowest BCUT2D eigenvalue weighted by molar-refractivity contribution is -0.384. The maximum absolute atomic E-state index is 12.0. The van der Waals surface area contributed by atoms with Crippen molar-refractivity contribution in [3.8, 4) is 0 Å². The third-order valence-electron chi connectivity index (χ3n) is 3.20. The quantitative estimate of drug-likeness (QED) is 0.474. The Bertz CT molecular complexity index is 718. The number of nitro benzene ring substituents is 1. The van der Waals surface area contributed by atoms with E-state index in [1.807, 2.05) is 37.3 Å². The molecule has 0 unspecified atom stereocenters. The van der Waals surface area contributed by atoms with Gasteiger partial charge in [-0.25, -0.2) is 5.43 Å². The van der Waals surface area contributed by atoms with Crippen LogP contribution in [0.3, 0.4) is 0 Å². The molecule has 24 heavy (non-hydrogen) atoms. The van der Waals surface area contributed by atoms with E-state index < -0.39 is 4.92 Å². The summed E-state index contributed by atoms with van der Waals surface area (Å²) in [5.74, 6) is 0.565. The summed E-state index contributed by atoms with van der Waals surface area (Å²) in [5, 5.41) is 14.2. The lowest BCUT2D eigenvalue weighted by Gasteiger charge is -2.09. The maximum Gasteiger partial charge on any atom is 0.269 e. The summed E-state index contributed by atoms with van der Waals surface area (Å²) >= 11 is 1.53. The number of carbonyl (C=O) groups is 1. The Kier molecular flexibility index (Phi) is 6.51. The van der Waals surface area contributed by atoms with Crippen molar-refractivity contribution >= 4 is 29.6 Å². The van der Waals surface area contributed by atoms with E-state index in [0.29, 0.717) is 5.56 Å². The van der Waals surface area contributed by atoms with Gasteiger partial charge in [0.2, 0.25) is 0 Å². The van der Waals surface area contributed by atoms with Crippen molar-refractivity contribution in [1.82, 2.24) is 5.43 Å². The Morgan fingerprint density at radius 2 is 1.92 bits per heavy atom. The molecule has 1 atom stereocenters. The molecule has 1 amide bonds. The van der Waals surface area contributed by atoms with Gasteiger partial charge in [-0.3, -0.25) is 14.9 Å². The molecule has 2 aromatic rings. The van der Waals surface area contributed by atoms with Gasteiger partial charge in [-0.15, -0.1) is 11.8 Å². The van der Waals surface area contributed by atoms with Gasteiger partial charge in [0.05, 0.1) is 16.4 Å². The van der Waals surface area contributed by atoms with Crippen molar-refractivity contribution in [3.63, 3.8) is 0 Å². The first kappa shape index (κ1) is 17.7. The average Bonchev–Trinajstić information content (AvgIpc) is 2.61. The second-order valence-corrected chi connectivity index (χ2v) is 6.35. The van der Waals surface area contributed by atoms with Crippen LogP contribution >= 0.6 is 11.8 Å². The number of hydrogen-bond donors (Lipinski definition) is 1. The fourth-order valence-corrected chi connectivity index (χ4v) is 2.65. The van der Waals surface area contributed by atoms with Gasteiger partial charge in [-0.2, -0.15) is 5.10 Å². The molecule has 0 aliphatic rings. The number of carbonyl (C=O) groups excluding carboxylic acids is 1. The molecule has 124 valence electrons. The third kappa shape index (κ3) is 5.51. The van der Waals surface area contributed by atoms with Gasteiger partial charge in [0.1, 0.15) is 0 Å². The molecule has 0 aromatic heterocycles. The minimum atomic E-state index is -0.464. The number of non-ortho nitro benzene ring substituents is 1. The largest absolute Gasteiger partial charge is 0.272 e. The van der Waals surface area contributed by atoms with Crippen LogP contribution in [0.25, 0.3) is 0 Å². The van der Waals surface area contributed by atoms with Crippen LogP contribution in [-0.4, -0.2) is 22.3 Å². The first-order chi connectivity index (χ1) is 11.6. The summed E-state index contributed by atoms with van der Waals surface area (Å²) in [4.78, 5) is 22.1. The second-order valence-electron chi connectivity index (χ2n) is 5.02. The third-order valence-corrected chi connectivity index (χ3v) is 4.42. The molecule has 0 heterocycles. The predicted octanol–water partition coefficient (Wildman–Crippen LogP) is 3.37. The monoisotopic (exact) mass is 343 g/mol. The van der Waals surface area contributed by atoms with E-state index in [1.54, 1.807) is 12.1 Å². The highest BCUT2D eigenvalue weighted by molar-refractivity contribution is 7.99. The van der Waals surface area contributed by atoms with Crippen LogP contribution in [0.15, 0.2) is 59.7 Å². The summed E-state index contributed by atoms with van der Waals surface area (Å²) in [6.45, 7) is 1.82. The smallest absolute Gasteiger partial charge is 0.269 e. The number of hydrogen-bond acceptors (Lipinski definition) is 5. The Morgan fingerprint density at radius 3 is 2.54 bits per heavy atom. The van der Waals surface area contributed by atoms with Crippen molar-refractivity contribution < 1.29 is 9.72 Å². The fraction of sp³-hybridized carbons (Fsp3) is 0.176. The molecule has 7 heteroatoms. The molecular weight excluding hydrogens is 326 g/mol. The van der Waals surface area contributed by atoms with Crippen molar-refractivity contribution in [1.29, 1.82) is 0 Å². The van der Waals surface area contributed by atoms with Gasteiger partial charge >= 0.3 is 0 Å². The van der Waals surface area contributed by atoms with E-state index in [2.05, 4.69) is 10.5 Å². The Labute approximate surface area is 144 Å². The van der Waals surface area contributed by atoms with E-state index in [9.17, 15) is 14.9 Å². The van der Waals surface area contributed by atoms with Crippen LogP contribution in [0.2, 0.25) is 0 Å². The zero-order valence-electron chi connectivity index (χ0n) is 13.1. The standard InChI is InChI=1S/C17H17N3O3S/c1-13(24-12-15-5-3-2-4-6-15)17(21)19-18-11-14-7-9-16(10-8-14)20(22)23/h2-11,13H,12H2,1H3,(H,19,21)/b18-11-/t13-/m1/s1. The first-order valence-corrected chi connectivity index (χ1v) is 8.34. The molecule has 0 aliphatic heterocycles. The molecule has 0 bridgehead atoms. The summed E-state index contributed by atoms with van der Waals surface area (Å²) in [6.07, 6.45) is 1.45. The summed E-state index contributed by atoms with van der Waals surface area (Å²) < 4.78 is 0. The molecule has 6 nitrogen and oxygen atoms in total. The van der Waals surface area contributed by atoms with E-state index in [4.69, 9.17) is 0 Å². The van der Waals surface area contributed by atoms with Crippen LogP contribution in [0.4, 0.5) is 5.69 Å². The lowest BCUT2D eigenvalue weighted by atomic mass is 10.2. The van der Waals surface area contributed by atoms with Gasteiger partial charge in [0.25, 0.3) is 11.6 Å².